The molecule has 156 valence electrons. The lowest BCUT2D eigenvalue weighted by molar-refractivity contribution is 0.0335. The predicted molar refractivity (Wildman–Crippen MR) is 125 cm³/mol. The first-order valence-corrected chi connectivity index (χ1v) is 11.8. The number of fused-ring (bicyclic) bond motifs is 2. The number of para-hydroxylation sites is 1. The predicted octanol–water partition coefficient (Wildman–Crippen LogP) is 5.47. The lowest BCUT2D eigenvalue weighted by atomic mass is 10.1. The van der Waals surface area contributed by atoms with Crippen molar-refractivity contribution in [3.63, 3.8) is 0 Å². The molecule has 0 amide bonds. The van der Waals surface area contributed by atoms with Gasteiger partial charge in [0.15, 0.2) is 10.8 Å². The van der Waals surface area contributed by atoms with E-state index in [1.54, 1.807) is 11.3 Å². The Morgan fingerprint density at radius 1 is 1.03 bits per heavy atom. The number of ether oxygens (including phenoxy) is 1. The second-order valence-corrected chi connectivity index (χ2v) is 9.42. The van der Waals surface area contributed by atoms with E-state index in [2.05, 4.69) is 51.2 Å². The largest absolute Gasteiger partial charge is 0.453 e. The van der Waals surface area contributed by atoms with Crippen LogP contribution in [0.25, 0.3) is 38.0 Å². The van der Waals surface area contributed by atoms with E-state index in [4.69, 9.17) is 19.2 Å². The molecule has 0 aliphatic carbocycles. The summed E-state index contributed by atoms with van der Waals surface area (Å²) in [6, 6.07) is 18.4. The van der Waals surface area contributed by atoms with Gasteiger partial charge in [-0.25, -0.2) is 9.50 Å². The summed E-state index contributed by atoms with van der Waals surface area (Å²) < 4.78 is 14.6. The van der Waals surface area contributed by atoms with Gasteiger partial charge in [-0.2, -0.15) is 5.10 Å². The quantitative estimate of drug-likeness (QED) is 0.331. The topological polar surface area (TPSA) is 55.8 Å². The van der Waals surface area contributed by atoms with Gasteiger partial charge < -0.3 is 9.15 Å². The lowest BCUT2D eigenvalue weighted by Crippen LogP contribution is -2.36. The third-order valence-corrected chi connectivity index (χ3v) is 6.98. The smallest absolute Gasteiger partial charge is 0.213 e. The van der Waals surface area contributed by atoms with Crippen molar-refractivity contribution in [1.29, 1.82) is 0 Å². The van der Waals surface area contributed by atoms with Crippen molar-refractivity contribution in [2.24, 2.45) is 0 Å². The lowest BCUT2D eigenvalue weighted by Gasteiger charge is -2.26. The van der Waals surface area contributed by atoms with Crippen molar-refractivity contribution in [3.8, 4) is 22.0 Å². The van der Waals surface area contributed by atoms with Crippen LogP contribution in [0.5, 0.6) is 0 Å². The van der Waals surface area contributed by atoms with Gasteiger partial charge in [0.2, 0.25) is 4.96 Å². The maximum absolute atomic E-state index is 6.05. The molecule has 0 bridgehead atoms. The maximum Gasteiger partial charge on any atom is 0.213 e. The van der Waals surface area contributed by atoms with E-state index in [0.717, 1.165) is 81.0 Å². The Hall–Kier alpha value is -2.52. The Bertz CT molecular complexity index is 1330. The van der Waals surface area contributed by atoms with Crippen molar-refractivity contribution in [3.05, 3.63) is 64.8 Å². The van der Waals surface area contributed by atoms with Crippen molar-refractivity contribution in [1.82, 2.24) is 19.5 Å². The van der Waals surface area contributed by atoms with Gasteiger partial charge in [-0.05, 0) is 24.3 Å². The third-order valence-electron chi connectivity index (χ3n) is 5.53. The molecule has 2 aromatic carbocycles. The molecule has 1 saturated heterocycles. The summed E-state index contributed by atoms with van der Waals surface area (Å²) in [7, 11) is 0. The average molecular weight is 495 g/mol. The normalized spacial score (nSPS) is 15.3. The van der Waals surface area contributed by atoms with Gasteiger partial charge in [0, 0.05) is 35.1 Å². The van der Waals surface area contributed by atoms with Crippen LogP contribution in [0.15, 0.2) is 63.5 Å². The van der Waals surface area contributed by atoms with Gasteiger partial charge in [-0.1, -0.05) is 57.6 Å². The summed E-state index contributed by atoms with van der Waals surface area (Å²) in [4.78, 5) is 8.25. The number of hydrogen-bond acceptors (Lipinski definition) is 6. The molecule has 8 heteroatoms. The van der Waals surface area contributed by atoms with Crippen molar-refractivity contribution < 1.29 is 9.15 Å². The average Bonchev–Trinajstić information content (AvgIpc) is 3.48. The van der Waals surface area contributed by atoms with Crippen molar-refractivity contribution >= 4 is 43.2 Å². The molecule has 0 radical (unpaired) electrons. The minimum Gasteiger partial charge on any atom is -0.453 e. The Morgan fingerprint density at radius 2 is 1.84 bits per heavy atom. The van der Waals surface area contributed by atoms with Gasteiger partial charge >= 0.3 is 0 Å². The molecule has 5 aromatic rings. The van der Waals surface area contributed by atoms with E-state index in [0.29, 0.717) is 0 Å². The van der Waals surface area contributed by atoms with Crippen LogP contribution in [-0.2, 0) is 11.3 Å². The van der Waals surface area contributed by atoms with Crippen LogP contribution >= 0.6 is 27.3 Å². The molecule has 0 unspecified atom stereocenters. The molecule has 6 rings (SSSR count). The number of morpholine rings is 1. The van der Waals surface area contributed by atoms with E-state index < -0.39 is 0 Å². The van der Waals surface area contributed by atoms with Gasteiger partial charge in [-0.15, -0.1) is 0 Å². The second-order valence-electron chi connectivity index (χ2n) is 7.55. The fourth-order valence-corrected chi connectivity index (χ4v) is 5.06. The standard InChI is InChI=1S/C23H19BrN4O2S/c24-17-7-5-15(6-8-17)21-18(14-27-9-11-29-12-10-27)28-23(25-21)31-22(26-28)20-13-16-3-1-2-4-19(16)30-20/h1-8,13H,9-12,14H2. The molecule has 1 aliphatic rings. The van der Waals surface area contributed by atoms with E-state index in [9.17, 15) is 0 Å². The number of nitrogens with zero attached hydrogens (tertiary/aromatic N) is 4. The number of halogens is 1. The Morgan fingerprint density at radius 3 is 2.65 bits per heavy atom. The van der Waals surface area contributed by atoms with Crippen LogP contribution in [0.3, 0.4) is 0 Å². The van der Waals surface area contributed by atoms with Crippen LogP contribution in [0.2, 0.25) is 0 Å². The molecule has 0 N–H and O–H groups in total. The van der Waals surface area contributed by atoms with Crippen LogP contribution in [0, 0.1) is 0 Å². The minimum absolute atomic E-state index is 0.761. The Kier molecular flexibility index (Phi) is 4.87. The Labute approximate surface area is 191 Å². The Balaban J connectivity index is 1.46. The van der Waals surface area contributed by atoms with Crippen LogP contribution < -0.4 is 0 Å². The van der Waals surface area contributed by atoms with E-state index >= 15 is 0 Å². The molecule has 31 heavy (non-hydrogen) atoms. The first-order valence-electron chi connectivity index (χ1n) is 10.2. The zero-order valence-electron chi connectivity index (χ0n) is 16.6. The first-order chi connectivity index (χ1) is 15.2. The SMILES string of the molecule is Brc1ccc(-c2nc3sc(-c4cc5ccccc5o4)nn3c2CN2CCOCC2)cc1. The molecule has 0 spiro atoms. The number of furan rings is 1. The fraction of sp³-hybridized carbons (Fsp3) is 0.217. The highest BCUT2D eigenvalue weighted by Crippen LogP contribution is 2.34. The van der Waals surface area contributed by atoms with Crippen LogP contribution in [0.1, 0.15) is 5.69 Å². The van der Waals surface area contributed by atoms with E-state index in [-0.39, 0.29) is 0 Å². The molecule has 1 fully saturated rings. The summed E-state index contributed by atoms with van der Waals surface area (Å²) in [6.45, 7) is 4.12. The molecule has 0 atom stereocenters. The number of imidazole rings is 1. The fourth-order valence-electron chi connectivity index (χ4n) is 3.93. The van der Waals surface area contributed by atoms with Gasteiger partial charge in [0.25, 0.3) is 0 Å². The molecule has 3 aromatic heterocycles. The van der Waals surface area contributed by atoms with Crippen molar-refractivity contribution in [2.75, 3.05) is 26.3 Å². The third kappa shape index (κ3) is 3.59. The maximum atomic E-state index is 6.05. The highest BCUT2D eigenvalue weighted by molar-refractivity contribution is 9.10. The molecular formula is C23H19BrN4O2S. The van der Waals surface area contributed by atoms with Crippen molar-refractivity contribution in [2.45, 2.75) is 6.54 Å². The number of rotatable bonds is 4. The highest BCUT2D eigenvalue weighted by atomic mass is 79.9. The highest BCUT2D eigenvalue weighted by Gasteiger charge is 2.23. The number of hydrogen-bond donors (Lipinski definition) is 0. The molecular weight excluding hydrogens is 476 g/mol. The summed E-state index contributed by atoms with van der Waals surface area (Å²) >= 11 is 5.08. The second kappa shape index (κ2) is 7.87. The van der Waals surface area contributed by atoms with Gasteiger partial charge in [0.05, 0.1) is 24.6 Å². The van der Waals surface area contributed by atoms with E-state index in [1.807, 2.05) is 28.8 Å². The molecule has 1 aliphatic heterocycles. The summed E-state index contributed by atoms with van der Waals surface area (Å²) in [5, 5.41) is 6.83. The molecule has 4 heterocycles. The number of benzene rings is 2. The summed E-state index contributed by atoms with van der Waals surface area (Å²) in [5.74, 6) is 0.777. The first kappa shape index (κ1) is 19.2. The van der Waals surface area contributed by atoms with Crippen LogP contribution in [-0.4, -0.2) is 45.8 Å². The van der Waals surface area contributed by atoms with Gasteiger partial charge in [0.1, 0.15) is 5.58 Å². The minimum atomic E-state index is 0.761. The van der Waals surface area contributed by atoms with Gasteiger partial charge in [-0.3, -0.25) is 4.90 Å². The molecule has 6 nitrogen and oxygen atoms in total. The number of aromatic nitrogens is 3. The molecule has 0 saturated carbocycles. The summed E-state index contributed by atoms with van der Waals surface area (Å²) in [5.41, 5.74) is 4.04. The zero-order valence-corrected chi connectivity index (χ0v) is 19.0. The zero-order chi connectivity index (χ0) is 20.8. The van der Waals surface area contributed by atoms with Crippen LogP contribution in [0.4, 0.5) is 0 Å². The summed E-state index contributed by atoms with van der Waals surface area (Å²) in [6.07, 6.45) is 0. The monoisotopic (exact) mass is 494 g/mol. The van der Waals surface area contributed by atoms with E-state index in [1.165, 1.54) is 0 Å².